The number of anilines is 1. The van der Waals surface area contributed by atoms with Crippen LogP contribution in [-0.2, 0) is 17.8 Å². The fraction of sp³-hybridized carbons (Fsp3) is 0.190. The largest absolute Gasteiger partial charge is 0.493 e. The molecule has 0 aliphatic rings. The van der Waals surface area contributed by atoms with E-state index in [0.717, 1.165) is 17.9 Å². The molecule has 26 heavy (non-hydrogen) atoms. The van der Waals surface area contributed by atoms with Gasteiger partial charge < -0.3 is 19.8 Å². The maximum Gasteiger partial charge on any atom is 0.238 e. The van der Waals surface area contributed by atoms with E-state index in [1.807, 2.05) is 54.6 Å². The molecule has 0 saturated carbocycles. The summed E-state index contributed by atoms with van der Waals surface area (Å²) in [6, 6.07) is 21.3. The topological polar surface area (TPSA) is 63.5 Å². The molecule has 3 rings (SSSR count). The smallest absolute Gasteiger partial charge is 0.238 e. The average Bonchev–Trinajstić information content (AvgIpc) is 3.16. The minimum atomic E-state index is -0.113. The molecule has 2 aromatic carbocycles. The van der Waals surface area contributed by atoms with Crippen molar-refractivity contribution in [1.82, 2.24) is 5.32 Å². The Kier molecular flexibility index (Phi) is 6.45. The molecular formula is C21H22N2O3. The maximum absolute atomic E-state index is 12.0. The number of furan rings is 1. The fourth-order valence-electron chi connectivity index (χ4n) is 2.51. The molecule has 0 aliphatic carbocycles. The summed E-state index contributed by atoms with van der Waals surface area (Å²) in [7, 11) is 0. The van der Waals surface area contributed by atoms with E-state index < -0.39 is 0 Å². The predicted octanol–water partition coefficient (Wildman–Crippen LogP) is 3.63. The second-order valence-corrected chi connectivity index (χ2v) is 5.84. The van der Waals surface area contributed by atoms with Crippen LogP contribution in [0.4, 0.5) is 5.69 Å². The zero-order valence-electron chi connectivity index (χ0n) is 14.5. The molecule has 0 saturated heterocycles. The molecule has 1 heterocycles. The molecule has 0 aliphatic heterocycles. The molecule has 2 N–H and O–H groups in total. The number of rotatable bonds is 9. The molecule has 0 atom stereocenters. The van der Waals surface area contributed by atoms with Crippen molar-refractivity contribution in [2.45, 2.75) is 13.0 Å². The van der Waals surface area contributed by atoms with Crippen LogP contribution in [-0.4, -0.2) is 19.1 Å². The lowest BCUT2D eigenvalue weighted by molar-refractivity contribution is -0.115. The van der Waals surface area contributed by atoms with Gasteiger partial charge in [-0.3, -0.25) is 4.79 Å². The summed E-state index contributed by atoms with van der Waals surface area (Å²) in [5.74, 6) is 1.42. The molecule has 1 aromatic heterocycles. The number of carbonyl (C=O) groups is 1. The molecule has 0 radical (unpaired) electrons. The first-order chi connectivity index (χ1) is 12.8. The molecule has 134 valence electrons. The Morgan fingerprint density at radius 2 is 1.88 bits per heavy atom. The van der Waals surface area contributed by atoms with E-state index in [1.165, 1.54) is 5.56 Å². The van der Waals surface area contributed by atoms with Gasteiger partial charge in [0, 0.05) is 18.2 Å². The van der Waals surface area contributed by atoms with Crippen LogP contribution in [0, 0.1) is 0 Å². The Morgan fingerprint density at radius 1 is 1.00 bits per heavy atom. The van der Waals surface area contributed by atoms with Crippen molar-refractivity contribution in [3.8, 4) is 5.75 Å². The summed E-state index contributed by atoms with van der Waals surface area (Å²) < 4.78 is 11.0. The van der Waals surface area contributed by atoms with E-state index in [4.69, 9.17) is 9.15 Å². The molecule has 0 unspecified atom stereocenters. The summed E-state index contributed by atoms with van der Waals surface area (Å²) in [4.78, 5) is 12.0. The van der Waals surface area contributed by atoms with Crippen LogP contribution in [0.2, 0.25) is 0 Å². The van der Waals surface area contributed by atoms with E-state index in [2.05, 4.69) is 22.8 Å². The van der Waals surface area contributed by atoms with Crippen molar-refractivity contribution in [2.24, 2.45) is 0 Å². The van der Waals surface area contributed by atoms with Gasteiger partial charge in [-0.2, -0.15) is 0 Å². The summed E-state index contributed by atoms with van der Waals surface area (Å²) >= 11 is 0. The Morgan fingerprint density at radius 3 is 2.69 bits per heavy atom. The average molecular weight is 350 g/mol. The van der Waals surface area contributed by atoms with Crippen LogP contribution < -0.4 is 15.4 Å². The second-order valence-electron chi connectivity index (χ2n) is 5.84. The monoisotopic (exact) mass is 350 g/mol. The number of nitrogens with one attached hydrogen (secondary N) is 2. The predicted molar refractivity (Wildman–Crippen MR) is 101 cm³/mol. The van der Waals surface area contributed by atoms with Crippen LogP contribution in [0.5, 0.6) is 5.75 Å². The zero-order chi connectivity index (χ0) is 18.0. The van der Waals surface area contributed by atoms with Gasteiger partial charge >= 0.3 is 0 Å². The molecule has 0 bridgehead atoms. The Bertz CT molecular complexity index is 801. The lowest BCUT2D eigenvalue weighted by Crippen LogP contribution is -2.27. The Hall–Kier alpha value is -3.05. The number of hydrogen-bond donors (Lipinski definition) is 2. The lowest BCUT2D eigenvalue weighted by atomic mass is 10.2. The highest BCUT2D eigenvalue weighted by atomic mass is 16.5. The number of carbonyl (C=O) groups excluding carboxylic acids is 1. The highest BCUT2D eigenvalue weighted by molar-refractivity contribution is 5.92. The molecule has 0 spiro atoms. The highest BCUT2D eigenvalue weighted by Gasteiger charge is 2.04. The normalized spacial score (nSPS) is 10.5. The SMILES string of the molecule is O=C(CNCc1ccco1)Nc1cccc(OCCc2ccccc2)c1. The quantitative estimate of drug-likeness (QED) is 0.619. The number of benzene rings is 2. The van der Waals surface area contributed by atoms with Gasteiger partial charge in [0.15, 0.2) is 0 Å². The summed E-state index contributed by atoms with van der Waals surface area (Å²) in [6.07, 6.45) is 2.45. The summed E-state index contributed by atoms with van der Waals surface area (Å²) in [5, 5.41) is 5.90. The molecule has 1 amide bonds. The van der Waals surface area contributed by atoms with Crippen molar-refractivity contribution in [3.05, 3.63) is 84.3 Å². The van der Waals surface area contributed by atoms with Gasteiger partial charge in [-0.15, -0.1) is 0 Å². The van der Waals surface area contributed by atoms with Gasteiger partial charge in [-0.05, 0) is 29.8 Å². The molecule has 5 nitrogen and oxygen atoms in total. The van der Waals surface area contributed by atoms with Crippen LogP contribution in [0.3, 0.4) is 0 Å². The first kappa shape index (κ1) is 17.8. The van der Waals surface area contributed by atoms with Gasteiger partial charge in [0.25, 0.3) is 0 Å². The van der Waals surface area contributed by atoms with Gasteiger partial charge in [-0.1, -0.05) is 36.4 Å². The lowest BCUT2D eigenvalue weighted by Gasteiger charge is -2.10. The molecule has 3 aromatic rings. The first-order valence-corrected chi connectivity index (χ1v) is 8.59. The highest BCUT2D eigenvalue weighted by Crippen LogP contribution is 2.17. The van der Waals surface area contributed by atoms with Gasteiger partial charge in [0.1, 0.15) is 11.5 Å². The number of ether oxygens (including phenoxy) is 1. The van der Waals surface area contributed by atoms with Crippen LogP contribution >= 0.6 is 0 Å². The minimum absolute atomic E-state index is 0.113. The number of hydrogen-bond acceptors (Lipinski definition) is 4. The van der Waals surface area contributed by atoms with Crippen LogP contribution in [0.25, 0.3) is 0 Å². The van der Waals surface area contributed by atoms with E-state index in [1.54, 1.807) is 6.26 Å². The van der Waals surface area contributed by atoms with E-state index in [0.29, 0.717) is 18.8 Å². The van der Waals surface area contributed by atoms with Crippen molar-refractivity contribution < 1.29 is 13.9 Å². The standard InChI is InChI=1S/C21H22N2O3/c24-21(16-22-15-20-10-5-12-25-20)23-18-8-4-9-19(14-18)26-13-11-17-6-2-1-3-7-17/h1-10,12,14,22H,11,13,15-16H2,(H,23,24). The van der Waals surface area contributed by atoms with Crippen molar-refractivity contribution in [1.29, 1.82) is 0 Å². The van der Waals surface area contributed by atoms with Crippen molar-refractivity contribution in [2.75, 3.05) is 18.5 Å². The van der Waals surface area contributed by atoms with E-state index in [-0.39, 0.29) is 12.5 Å². The van der Waals surface area contributed by atoms with Crippen molar-refractivity contribution >= 4 is 11.6 Å². The van der Waals surface area contributed by atoms with Gasteiger partial charge in [0.2, 0.25) is 5.91 Å². The fourth-order valence-corrected chi connectivity index (χ4v) is 2.51. The van der Waals surface area contributed by atoms with E-state index in [9.17, 15) is 4.79 Å². The van der Waals surface area contributed by atoms with Gasteiger partial charge in [-0.25, -0.2) is 0 Å². The molecular weight excluding hydrogens is 328 g/mol. The summed E-state index contributed by atoms with van der Waals surface area (Å²) in [5.41, 5.74) is 1.95. The minimum Gasteiger partial charge on any atom is -0.493 e. The van der Waals surface area contributed by atoms with E-state index >= 15 is 0 Å². The Labute approximate surface area is 153 Å². The third kappa shape index (κ3) is 5.79. The maximum atomic E-state index is 12.0. The first-order valence-electron chi connectivity index (χ1n) is 8.59. The molecule has 5 heteroatoms. The zero-order valence-corrected chi connectivity index (χ0v) is 14.5. The van der Waals surface area contributed by atoms with Gasteiger partial charge in [0.05, 0.1) is 26.0 Å². The molecule has 0 fully saturated rings. The number of amides is 1. The summed E-state index contributed by atoms with van der Waals surface area (Å²) in [6.45, 7) is 1.31. The Balaban J connectivity index is 1.42. The third-order valence-corrected chi connectivity index (χ3v) is 3.78. The second kappa shape index (κ2) is 9.44. The van der Waals surface area contributed by atoms with Crippen LogP contribution in [0.15, 0.2) is 77.4 Å². The van der Waals surface area contributed by atoms with Crippen molar-refractivity contribution in [3.63, 3.8) is 0 Å². The third-order valence-electron chi connectivity index (χ3n) is 3.78. The van der Waals surface area contributed by atoms with Crippen LogP contribution in [0.1, 0.15) is 11.3 Å².